The molecule has 2 amide bonds. The van der Waals surface area contributed by atoms with E-state index in [1.165, 1.54) is 25.1 Å². The van der Waals surface area contributed by atoms with Gasteiger partial charge in [-0.1, -0.05) is 0 Å². The van der Waals surface area contributed by atoms with Crippen molar-refractivity contribution in [2.24, 2.45) is 0 Å². The van der Waals surface area contributed by atoms with Gasteiger partial charge >= 0.3 is 6.09 Å². The average molecular weight is 511 g/mol. The second-order valence-electron chi connectivity index (χ2n) is 8.82. The number of cyclic esters (lactones) is 1. The van der Waals surface area contributed by atoms with Crippen LogP contribution in [0.5, 0.6) is 5.88 Å². The highest BCUT2D eigenvalue weighted by atomic mass is 32.2. The molecule has 1 unspecified atom stereocenters. The Hall–Kier alpha value is -3.64. The fourth-order valence-corrected chi connectivity index (χ4v) is 5.38. The predicted molar refractivity (Wildman–Crippen MR) is 133 cm³/mol. The van der Waals surface area contributed by atoms with Gasteiger partial charge in [0.05, 0.1) is 36.8 Å². The van der Waals surface area contributed by atoms with Gasteiger partial charge in [-0.15, -0.1) is 11.8 Å². The summed E-state index contributed by atoms with van der Waals surface area (Å²) in [4.78, 5) is 37.2. The normalized spacial score (nSPS) is 19.7. The lowest BCUT2D eigenvalue weighted by molar-refractivity contribution is -0.113. The minimum Gasteiger partial charge on any atom is -0.481 e. The highest BCUT2D eigenvalue weighted by Crippen LogP contribution is 2.36. The quantitative estimate of drug-likeness (QED) is 0.517. The van der Waals surface area contributed by atoms with Crippen molar-refractivity contribution in [1.29, 1.82) is 0 Å². The molecule has 3 aliphatic heterocycles. The monoisotopic (exact) mass is 510 g/mol. The molecule has 2 aromatic heterocycles. The van der Waals surface area contributed by atoms with Crippen molar-refractivity contribution in [2.45, 2.75) is 17.0 Å². The van der Waals surface area contributed by atoms with E-state index in [9.17, 15) is 14.0 Å². The number of rotatable bonds is 6. The third kappa shape index (κ3) is 4.16. The van der Waals surface area contributed by atoms with Gasteiger partial charge in [-0.3, -0.25) is 14.7 Å². The first kappa shape index (κ1) is 22.8. The van der Waals surface area contributed by atoms with Crippen molar-refractivity contribution < 1.29 is 23.5 Å². The van der Waals surface area contributed by atoms with Crippen molar-refractivity contribution in [3.8, 4) is 5.88 Å². The summed E-state index contributed by atoms with van der Waals surface area (Å²) in [6.45, 7) is 2.04. The minimum absolute atomic E-state index is 0.0557. The van der Waals surface area contributed by atoms with Gasteiger partial charge in [0, 0.05) is 42.3 Å². The maximum atomic E-state index is 14.7. The van der Waals surface area contributed by atoms with Gasteiger partial charge in [0.1, 0.15) is 17.3 Å². The number of thioether (sulfide) groups is 1. The van der Waals surface area contributed by atoms with Crippen molar-refractivity contribution in [3.63, 3.8) is 0 Å². The Morgan fingerprint density at radius 2 is 2.11 bits per heavy atom. The summed E-state index contributed by atoms with van der Waals surface area (Å²) in [6.07, 6.45) is 0.470. The lowest BCUT2D eigenvalue weighted by Gasteiger charge is -2.42. The predicted octanol–water partition coefficient (Wildman–Crippen LogP) is 2.63. The summed E-state index contributed by atoms with van der Waals surface area (Å²) in [5.74, 6) is 0.305. The summed E-state index contributed by atoms with van der Waals surface area (Å²) in [6, 6.07) is 9.14. The van der Waals surface area contributed by atoms with E-state index in [-0.39, 0.29) is 18.1 Å². The maximum absolute atomic E-state index is 14.7. The number of hydrogen-bond acceptors (Lipinski definition) is 9. The molecular weight excluding hydrogens is 487 g/mol. The first-order chi connectivity index (χ1) is 17.5. The summed E-state index contributed by atoms with van der Waals surface area (Å²) < 4.78 is 25.4. The molecule has 2 N–H and O–H groups in total. The third-order valence-corrected chi connectivity index (χ3v) is 7.51. The van der Waals surface area contributed by atoms with Crippen LogP contribution < -0.4 is 25.2 Å². The third-order valence-electron chi connectivity index (χ3n) is 6.44. The molecule has 0 aliphatic carbocycles. The lowest BCUT2D eigenvalue weighted by atomic mass is 10.1. The number of nitrogens with one attached hydrogen (secondary N) is 2. The molecule has 6 rings (SSSR count). The second-order valence-corrected chi connectivity index (χ2v) is 9.84. The van der Waals surface area contributed by atoms with Gasteiger partial charge in [-0.05, 0) is 24.3 Å². The standard InChI is InChI=1S/C24H23FN6O4S/c1-34-21-5-3-17-22(29-21)23(16(25)8-27-17)30-9-13(10-30)26-7-15-11-31(24(33)35-15)14-2-4-19-18(6-14)28-20(32)12-36-19/h2-6,8,13,15,26H,7,9-12H2,1H3,(H,28,32). The molecule has 2 saturated heterocycles. The maximum Gasteiger partial charge on any atom is 0.414 e. The topological polar surface area (TPSA) is 109 Å². The van der Waals surface area contributed by atoms with Crippen LogP contribution in [0.15, 0.2) is 41.4 Å². The van der Waals surface area contributed by atoms with Crippen molar-refractivity contribution in [2.75, 3.05) is 54.2 Å². The SMILES string of the molecule is COc1ccc2ncc(F)c(N3CC(NCC4CN(c5ccc6c(c5)NC(=O)CS6)C(=O)O4)C3)c2n1. The number of methoxy groups -OCH3 is 1. The van der Waals surface area contributed by atoms with Crippen LogP contribution >= 0.6 is 11.8 Å². The number of carbonyl (C=O) groups excluding carboxylic acids is 2. The highest BCUT2D eigenvalue weighted by Gasteiger charge is 2.35. The number of halogens is 1. The highest BCUT2D eigenvalue weighted by molar-refractivity contribution is 8.00. The first-order valence-electron chi connectivity index (χ1n) is 11.5. The first-order valence-corrected chi connectivity index (χ1v) is 12.5. The number of ether oxygens (including phenoxy) is 2. The molecule has 1 aromatic carbocycles. The number of nitrogens with zero attached hydrogens (tertiary/aromatic N) is 4. The van der Waals surface area contributed by atoms with Crippen LogP contribution in [0.3, 0.4) is 0 Å². The number of benzene rings is 1. The number of carbonyl (C=O) groups is 2. The van der Waals surface area contributed by atoms with E-state index in [1.54, 1.807) is 23.1 Å². The van der Waals surface area contributed by atoms with Gasteiger partial charge < -0.3 is 25.0 Å². The van der Waals surface area contributed by atoms with E-state index in [1.807, 2.05) is 17.0 Å². The molecule has 0 radical (unpaired) electrons. The lowest BCUT2D eigenvalue weighted by Crippen LogP contribution is -2.59. The number of pyridine rings is 2. The number of fused-ring (bicyclic) bond motifs is 2. The molecule has 5 heterocycles. The molecule has 12 heteroatoms. The van der Waals surface area contributed by atoms with Crippen LogP contribution in [0.4, 0.5) is 26.2 Å². The average Bonchev–Trinajstić information content (AvgIpc) is 3.23. The molecule has 3 aromatic rings. The number of anilines is 3. The summed E-state index contributed by atoms with van der Waals surface area (Å²) in [7, 11) is 1.52. The largest absolute Gasteiger partial charge is 0.481 e. The number of amides is 2. The van der Waals surface area contributed by atoms with Crippen molar-refractivity contribution >= 4 is 51.9 Å². The zero-order chi connectivity index (χ0) is 24.8. The zero-order valence-electron chi connectivity index (χ0n) is 19.4. The van der Waals surface area contributed by atoms with Gasteiger partial charge in [0.25, 0.3) is 0 Å². The molecule has 10 nitrogen and oxygen atoms in total. The molecular formula is C24H23FN6O4S. The molecule has 0 bridgehead atoms. The summed E-state index contributed by atoms with van der Waals surface area (Å²) in [5, 5.41) is 6.26. The van der Waals surface area contributed by atoms with Crippen LogP contribution in [-0.2, 0) is 9.53 Å². The van der Waals surface area contributed by atoms with Gasteiger partial charge in [0.15, 0.2) is 5.82 Å². The van der Waals surface area contributed by atoms with Gasteiger partial charge in [-0.2, -0.15) is 0 Å². The van der Waals surface area contributed by atoms with Crippen LogP contribution in [0.1, 0.15) is 0 Å². The summed E-state index contributed by atoms with van der Waals surface area (Å²) >= 11 is 1.47. The number of aromatic nitrogens is 2. The fourth-order valence-electron chi connectivity index (χ4n) is 4.59. The molecule has 0 saturated carbocycles. The van der Waals surface area contributed by atoms with Crippen LogP contribution in [-0.4, -0.2) is 73.2 Å². The molecule has 1 atom stereocenters. The Morgan fingerprint density at radius 1 is 1.25 bits per heavy atom. The van der Waals surface area contributed by atoms with Crippen LogP contribution in [0.2, 0.25) is 0 Å². The Balaban J connectivity index is 1.07. The van der Waals surface area contributed by atoms with Crippen molar-refractivity contribution in [1.82, 2.24) is 15.3 Å². The van der Waals surface area contributed by atoms with E-state index >= 15 is 0 Å². The van der Waals surface area contributed by atoms with Gasteiger partial charge in [0.2, 0.25) is 11.8 Å². The molecule has 2 fully saturated rings. The number of hydrogen-bond donors (Lipinski definition) is 2. The zero-order valence-corrected chi connectivity index (χ0v) is 20.2. The summed E-state index contributed by atoms with van der Waals surface area (Å²) in [5.41, 5.74) is 2.87. The van der Waals surface area contributed by atoms with E-state index in [2.05, 4.69) is 20.6 Å². The smallest absolute Gasteiger partial charge is 0.414 e. The van der Waals surface area contributed by atoms with Gasteiger partial charge in [-0.25, -0.2) is 14.2 Å². The Kier molecular flexibility index (Phi) is 5.76. The van der Waals surface area contributed by atoms with E-state index in [4.69, 9.17) is 9.47 Å². The van der Waals surface area contributed by atoms with E-state index in [0.717, 1.165) is 4.90 Å². The fraction of sp³-hybridized carbons (Fsp3) is 0.333. The Labute approximate surface area is 210 Å². The molecule has 0 spiro atoms. The molecule has 3 aliphatic rings. The Morgan fingerprint density at radius 3 is 2.94 bits per heavy atom. The van der Waals surface area contributed by atoms with Crippen LogP contribution in [0, 0.1) is 5.82 Å². The Bertz CT molecular complexity index is 1370. The van der Waals surface area contributed by atoms with Crippen LogP contribution in [0.25, 0.3) is 11.0 Å². The van der Waals surface area contributed by atoms with E-state index < -0.39 is 11.9 Å². The molecule has 36 heavy (non-hydrogen) atoms. The van der Waals surface area contributed by atoms with E-state index in [0.29, 0.717) is 65.9 Å². The minimum atomic E-state index is -0.429. The molecule has 186 valence electrons. The second kappa shape index (κ2) is 9.10. The van der Waals surface area contributed by atoms with Crippen molar-refractivity contribution in [3.05, 3.63) is 42.3 Å².